The van der Waals surface area contributed by atoms with E-state index >= 15 is 0 Å². The standard InChI is InChI=1S/C14H20N4O/c1-14(2)6-11-10(12(19)7-14)4-5-18(11)8-13-15-9-17(3)16-13/h4-5,9,12,19H,6-8H2,1-3H3. The predicted molar refractivity (Wildman–Crippen MR) is 71.6 cm³/mol. The van der Waals surface area contributed by atoms with Crippen molar-refractivity contribution in [1.29, 1.82) is 0 Å². The highest BCUT2D eigenvalue weighted by molar-refractivity contribution is 5.29. The fourth-order valence-corrected chi connectivity index (χ4v) is 2.94. The Hall–Kier alpha value is -1.62. The van der Waals surface area contributed by atoms with Crippen LogP contribution in [0.4, 0.5) is 0 Å². The number of hydrogen-bond acceptors (Lipinski definition) is 3. The molecule has 0 amide bonds. The summed E-state index contributed by atoms with van der Waals surface area (Å²) in [7, 11) is 1.87. The third-order valence-corrected chi connectivity index (χ3v) is 3.82. The monoisotopic (exact) mass is 260 g/mol. The van der Waals surface area contributed by atoms with Crippen molar-refractivity contribution in [3.05, 3.63) is 35.7 Å². The van der Waals surface area contributed by atoms with Crippen LogP contribution in [0.1, 0.15) is 43.5 Å². The molecule has 0 saturated carbocycles. The van der Waals surface area contributed by atoms with E-state index in [1.54, 1.807) is 11.0 Å². The third kappa shape index (κ3) is 2.30. The lowest BCUT2D eigenvalue weighted by Crippen LogP contribution is -2.27. The van der Waals surface area contributed by atoms with Gasteiger partial charge in [0.25, 0.3) is 0 Å². The molecule has 1 unspecified atom stereocenters. The predicted octanol–water partition coefficient (Wildman–Crippen LogP) is 1.67. The number of aryl methyl sites for hydroxylation is 1. The molecular weight excluding hydrogens is 240 g/mol. The summed E-state index contributed by atoms with van der Waals surface area (Å²) in [4.78, 5) is 4.26. The zero-order valence-corrected chi connectivity index (χ0v) is 11.7. The van der Waals surface area contributed by atoms with Crippen molar-refractivity contribution in [1.82, 2.24) is 19.3 Å². The number of aliphatic hydroxyl groups is 1. The molecule has 5 heteroatoms. The number of hydrogen-bond donors (Lipinski definition) is 1. The van der Waals surface area contributed by atoms with Gasteiger partial charge in [-0.05, 0) is 24.3 Å². The molecule has 3 rings (SSSR count). The summed E-state index contributed by atoms with van der Waals surface area (Å²) in [6.07, 6.45) is 5.21. The molecule has 0 aliphatic heterocycles. The van der Waals surface area contributed by atoms with Gasteiger partial charge in [0.05, 0.1) is 12.6 Å². The van der Waals surface area contributed by atoms with Gasteiger partial charge in [-0.3, -0.25) is 4.68 Å². The largest absolute Gasteiger partial charge is 0.388 e. The lowest BCUT2D eigenvalue weighted by molar-refractivity contribution is 0.0980. The maximum atomic E-state index is 10.2. The van der Waals surface area contributed by atoms with E-state index < -0.39 is 0 Å². The Morgan fingerprint density at radius 1 is 1.47 bits per heavy atom. The molecule has 2 heterocycles. The van der Waals surface area contributed by atoms with Crippen molar-refractivity contribution >= 4 is 0 Å². The molecule has 0 radical (unpaired) electrons. The quantitative estimate of drug-likeness (QED) is 0.893. The van der Waals surface area contributed by atoms with Gasteiger partial charge in [0.1, 0.15) is 6.33 Å². The number of aliphatic hydroxyl groups excluding tert-OH is 1. The van der Waals surface area contributed by atoms with E-state index in [1.807, 2.05) is 19.3 Å². The first-order valence-electron chi connectivity index (χ1n) is 6.65. The molecule has 1 aliphatic carbocycles. The van der Waals surface area contributed by atoms with Gasteiger partial charge >= 0.3 is 0 Å². The Kier molecular flexibility index (Phi) is 2.74. The lowest BCUT2D eigenvalue weighted by Gasteiger charge is -2.33. The molecule has 2 aromatic rings. The summed E-state index contributed by atoms with van der Waals surface area (Å²) >= 11 is 0. The fourth-order valence-electron chi connectivity index (χ4n) is 2.94. The second-order valence-electron chi connectivity index (χ2n) is 6.24. The summed E-state index contributed by atoms with van der Waals surface area (Å²) < 4.78 is 3.87. The Morgan fingerprint density at radius 2 is 2.26 bits per heavy atom. The SMILES string of the molecule is Cn1cnc(Cn2ccc3c2CC(C)(C)CC3O)n1. The first-order chi connectivity index (χ1) is 8.94. The number of aromatic nitrogens is 4. The minimum Gasteiger partial charge on any atom is -0.388 e. The van der Waals surface area contributed by atoms with Crippen molar-refractivity contribution in [2.24, 2.45) is 12.5 Å². The van der Waals surface area contributed by atoms with Gasteiger partial charge in [-0.1, -0.05) is 13.8 Å². The van der Waals surface area contributed by atoms with Crippen LogP contribution in [-0.2, 0) is 20.0 Å². The second kappa shape index (κ2) is 4.20. The van der Waals surface area contributed by atoms with Gasteiger partial charge < -0.3 is 9.67 Å². The van der Waals surface area contributed by atoms with Gasteiger partial charge in [-0.15, -0.1) is 0 Å². The first-order valence-corrected chi connectivity index (χ1v) is 6.65. The van der Waals surface area contributed by atoms with E-state index in [4.69, 9.17) is 0 Å². The molecule has 0 spiro atoms. The zero-order valence-electron chi connectivity index (χ0n) is 11.7. The van der Waals surface area contributed by atoms with E-state index in [0.29, 0.717) is 6.54 Å². The van der Waals surface area contributed by atoms with Crippen molar-refractivity contribution in [2.75, 3.05) is 0 Å². The van der Waals surface area contributed by atoms with Gasteiger partial charge in [0.2, 0.25) is 0 Å². The summed E-state index contributed by atoms with van der Waals surface area (Å²) in [5.74, 6) is 0.804. The van der Waals surface area contributed by atoms with E-state index in [0.717, 1.165) is 24.2 Å². The maximum absolute atomic E-state index is 10.2. The molecule has 0 saturated heterocycles. The molecule has 1 N–H and O–H groups in total. The van der Waals surface area contributed by atoms with Gasteiger partial charge in [0.15, 0.2) is 5.82 Å². The van der Waals surface area contributed by atoms with Crippen molar-refractivity contribution < 1.29 is 5.11 Å². The van der Waals surface area contributed by atoms with Gasteiger partial charge in [0, 0.05) is 24.5 Å². The van der Waals surface area contributed by atoms with Gasteiger partial charge in [-0.25, -0.2) is 4.98 Å². The highest BCUT2D eigenvalue weighted by Crippen LogP contribution is 2.41. The van der Waals surface area contributed by atoms with E-state index in [2.05, 4.69) is 28.5 Å². The first kappa shape index (κ1) is 12.4. The average molecular weight is 260 g/mol. The smallest absolute Gasteiger partial charge is 0.170 e. The average Bonchev–Trinajstić information content (AvgIpc) is 2.86. The number of rotatable bonds is 2. The topological polar surface area (TPSA) is 55.9 Å². The minimum atomic E-state index is -0.350. The molecule has 1 aliphatic rings. The van der Waals surface area contributed by atoms with Crippen molar-refractivity contribution in [3.8, 4) is 0 Å². The molecule has 0 aromatic carbocycles. The Balaban J connectivity index is 1.92. The van der Waals surface area contributed by atoms with Crippen molar-refractivity contribution in [2.45, 2.75) is 39.3 Å². The van der Waals surface area contributed by atoms with E-state index in [9.17, 15) is 5.11 Å². The van der Waals surface area contributed by atoms with Crippen LogP contribution in [0.5, 0.6) is 0 Å². The van der Waals surface area contributed by atoms with Crippen LogP contribution in [0.15, 0.2) is 18.6 Å². The Bertz CT molecular complexity index is 596. The molecule has 2 aromatic heterocycles. The van der Waals surface area contributed by atoms with Crippen LogP contribution < -0.4 is 0 Å². The second-order valence-corrected chi connectivity index (χ2v) is 6.24. The Morgan fingerprint density at radius 3 is 2.95 bits per heavy atom. The molecule has 102 valence electrons. The summed E-state index contributed by atoms with van der Waals surface area (Å²) in [5.41, 5.74) is 2.42. The van der Waals surface area contributed by atoms with E-state index in [1.165, 1.54) is 5.69 Å². The van der Waals surface area contributed by atoms with Crippen LogP contribution in [0.2, 0.25) is 0 Å². The number of nitrogens with zero attached hydrogens (tertiary/aromatic N) is 4. The zero-order chi connectivity index (χ0) is 13.6. The van der Waals surface area contributed by atoms with Crippen LogP contribution in [0.25, 0.3) is 0 Å². The summed E-state index contributed by atoms with van der Waals surface area (Å²) in [6.45, 7) is 5.07. The molecule has 1 atom stereocenters. The highest BCUT2D eigenvalue weighted by Gasteiger charge is 2.33. The Labute approximate surface area is 112 Å². The molecule has 19 heavy (non-hydrogen) atoms. The fraction of sp³-hybridized carbons (Fsp3) is 0.571. The summed E-state index contributed by atoms with van der Waals surface area (Å²) in [6, 6.07) is 2.03. The van der Waals surface area contributed by atoms with Crippen LogP contribution in [0.3, 0.4) is 0 Å². The van der Waals surface area contributed by atoms with Crippen LogP contribution >= 0.6 is 0 Å². The maximum Gasteiger partial charge on any atom is 0.170 e. The van der Waals surface area contributed by atoms with E-state index in [-0.39, 0.29) is 11.5 Å². The van der Waals surface area contributed by atoms with Gasteiger partial charge in [-0.2, -0.15) is 5.10 Å². The number of fused-ring (bicyclic) bond motifs is 1. The molecule has 5 nitrogen and oxygen atoms in total. The highest BCUT2D eigenvalue weighted by atomic mass is 16.3. The normalized spacial score (nSPS) is 21.4. The molecule has 0 bridgehead atoms. The van der Waals surface area contributed by atoms with Crippen LogP contribution in [0, 0.1) is 5.41 Å². The molecule has 0 fully saturated rings. The van der Waals surface area contributed by atoms with Crippen molar-refractivity contribution in [3.63, 3.8) is 0 Å². The summed E-state index contributed by atoms with van der Waals surface area (Å²) in [5, 5.41) is 14.5. The minimum absolute atomic E-state index is 0.139. The third-order valence-electron chi connectivity index (χ3n) is 3.82. The molecular formula is C14H20N4O. The lowest BCUT2D eigenvalue weighted by atomic mass is 9.75. The van der Waals surface area contributed by atoms with Crippen LogP contribution in [-0.4, -0.2) is 24.4 Å².